The highest BCUT2D eigenvalue weighted by molar-refractivity contribution is 5.54. The zero-order valence-corrected chi connectivity index (χ0v) is 10.3. The normalized spacial score (nSPS) is 11.5. The Balaban J connectivity index is 2.24. The summed E-state index contributed by atoms with van der Waals surface area (Å²) in [6, 6.07) is 4.39. The van der Waals surface area contributed by atoms with Crippen LogP contribution in [-0.2, 0) is 12.8 Å². The monoisotopic (exact) mass is 217 g/mol. The molecular weight excluding hydrogens is 198 g/mol. The van der Waals surface area contributed by atoms with Gasteiger partial charge in [-0.25, -0.2) is 4.52 Å². The highest BCUT2D eigenvalue weighted by atomic mass is 15.2. The van der Waals surface area contributed by atoms with Gasteiger partial charge in [0.15, 0.2) is 0 Å². The maximum Gasteiger partial charge on any atom is 0.0693 e. The number of rotatable bonds is 4. The van der Waals surface area contributed by atoms with Gasteiger partial charge >= 0.3 is 0 Å². The standard InChI is InChI=1S/C13H19N3/c1-4-12-9-14-16-10-11(5-6-13(12)16)7-8-15(2)3/h5-6,9-10H,4,7-8H2,1-3H3. The van der Waals surface area contributed by atoms with Crippen LogP contribution >= 0.6 is 0 Å². The largest absolute Gasteiger partial charge is 0.309 e. The van der Waals surface area contributed by atoms with Crippen LogP contribution in [0.2, 0.25) is 0 Å². The molecule has 0 amide bonds. The van der Waals surface area contributed by atoms with E-state index in [9.17, 15) is 0 Å². The lowest BCUT2D eigenvalue weighted by Crippen LogP contribution is -2.15. The quantitative estimate of drug-likeness (QED) is 0.781. The Morgan fingerprint density at radius 2 is 2.12 bits per heavy atom. The van der Waals surface area contributed by atoms with Gasteiger partial charge in [-0.3, -0.25) is 0 Å². The summed E-state index contributed by atoms with van der Waals surface area (Å²) in [6.07, 6.45) is 6.22. The second kappa shape index (κ2) is 4.66. The molecule has 2 rings (SSSR count). The van der Waals surface area contributed by atoms with Crippen molar-refractivity contribution in [3.05, 3.63) is 35.7 Å². The van der Waals surface area contributed by atoms with E-state index in [0.29, 0.717) is 0 Å². The van der Waals surface area contributed by atoms with Crippen molar-refractivity contribution in [2.24, 2.45) is 0 Å². The van der Waals surface area contributed by atoms with E-state index in [-0.39, 0.29) is 0 Å². The molecule has 0 saturated heterocycles. The zero-order valence-electron chi connectivity index (χ0n) is 10.3. The van der Waals surface area contributed by atoms with E-state index < -0.39 is 0 Å². The van der Waals surface area contributed by atoms with Crippen molar-refractivity contribution in [2.75, 3.05) is 20.6 Å². The molecular formula is C13H19N3. The van der Waals surface area contributed by atoms with Crippen LogP contribution in [0.3, 0.4) is 0 Å². The molecule has 0 aromatic carbocycles. The van der Waals surface area contributed by atoms with Crippen LogP contribution in [0.15, 0.2) is 24.5 Å². The number of fused-ring (bicyclic) bond motifs is 1. The van der Waals surface area contributed by atoms with Gasteiger partial charge in [0.25, 0.3) is 0 Å². The van der Waals surface area contributed by atoms with Crippen molar-refractivity contribution in [3.8, 4) is 0 Å². The minimum atomic E-state index is 1.04. The smallest absolute Gasteiger partial charge is 0.0693 e. The zero-order chi connectivity index (χ0) is 11.5. The molecule has 0 aliphatic heterocycles. The third-order valence-corrected chi connectivity index (χ3v) is 2.89. The molecule has 3 nitrogen and oxygen atoms in total. The van der Waals surface area contributed by atoms with Crippen molar-refractivity contribution in [1.29, 1.82) is 0 Å². The summed E-state index contributed by atoms with van der Waals surface area (Å²) in [6.45, 7) is 3.24. The fourth-order valence-corrected chi connectivity index (χ4v) is 1.85. The lowest BCUT2D eigenvalue weighted by atomic mass is 10.1. The van der Waals surface area contributed by atoms with E-state index in [2.05, 4.69) is 49.3 Å². The van der Waals surface area contributed by atoms with Crippen molar-refractivity contribution in [3.63, 3.8) is 0 Å². The van der Waals surface area contributed by atoms with Gasteiger partial charge in [0.2, 0.25) is 0 Å². The molecule has 0 bridgehead atoms. The Hall–Kier alpha value is -1.35. The SMILES string of the molecule is CCc1cnn2cc(CCN(C)C)ccc12. The number of aromatic nitrogens is 2. The van der Waals surface area contributed by atoms with Crippen molar-refractivity contribution >= 4 is 5.52 Å². The van der Waals surface area contributed by atoms with Gasteiger partial charge in [0, 0.05) is 12.7 Å². The van der Waals surface area contributed by atoms with E-state index in [0.717, 1.165) is 19.4 Å². The highest BCUT2D eigenvalue weighted by Crippen LogP contribution is 2.12. The number of hydrogen-bond donors (Lipinski definition) is 0. The van der Waals surface area contributed by atoms with Crippen molar-refractivity contribution in [2.45, 2.75) is 19.8 Å². The average Bonchev–Trinajstić information content (AvgIpc) is 2.68. The van der Waals surface area contributed by atoms with E-state index in [4.69, 9.17) is 0 Å². The first-order chi connectivity index (χ1) is 7.70. The Labute approximate surface area is 96.7 Å². The summed E-state index contributed by atoms with van der Waals surface area (Å²) in [5, 5.41) is 4.38. The molecule has 2 aromatic rings. The molecule has 3 heteroatoms. The molecule has 0 aliphatic carbocycles. The maximum absolute atomic E-state index is 4.38. The van der Waals surface area contributed by atoms with Gasteiger partial charge < -0.3 is 4.90 Å². The Kier molecular flexibility index (Phi) is 3.25. The second-order valence-corrected chi connectivity index (χ2v) is 4.44. The molecule has 2 aromatic heterocycles. The second-order valence-electron chi connectivity index (χ2n) is 4.44. The lowest BCUT2D eigenvalue weighted by molar-refractivity contribution is 0.413. The van der Waals surface area contributed by atoms with Gasteiger partial charge in [0.05, 0.1) is 11.7 Å². The number of aryl methyl sites for hydroxylation is 1. The first-order valence-corrected chi connectivity index (χ1v) is 5.80. The molecule has 0 N–H and O–H groups in total. The van der Waals surface area contributed by atoms with Crippen LogP contribution in [-0.4, -0.2) is 35.2 Å². The van der Waals surface area contributed by atoms with Crippen LogP contribution in [0.4, 0.5) is 0 Å². The van der Waals surface area contributed by atoms with Crippen LogP contribution in [0, 0.1) is 0 Å². The van der Waals surface area contributed by atoms with E-state index in [1.807, 2.05) is 10.7 Å². The molecule has 86 valence electrons. The van der Waals surface area contributed by atoms with Gasteiger partial charge in [0.1, 0.15) is 0 Å². The summed E-state index contributed by atoms with van der Waals surface area (Å²) in [5.74, 6) is 0. The predicted octanol–water partition coefficient (Wildman–Crippen LogP) is 2.00. The summed E-state index contributed by atoms with van der Waals surface area (Å²) < 4.78 is 1.99. The molecule has 0 unspecified atom stereocenters. The summed E-state index contributed by atoms with van der Waals surface area (Å²) in [5.41, 5.74) is 3.89. The van der Waals surface area contributed by atoms with Gasteiger partial charge in [-0.1, -0.05) is 13.0 Å². The number of likely N-dealkylation sites (N-methyl/N-ethyl adjacent to an activating group) is 1. The van der Waals surface area contributed by atoms with Crippen molar-refractivity contribution < 1.29 is 0 Å². The topological polar surface area (TPSA) is 20.5 Å². The average molecular weight is 217 g/mol. The van der Waals surface area contributed by atoms with Crippen LogP contribution in [0.1, 0.15) is 18.1 Å². The van der Waals surface area contributed by atoms with Crippen LogP contribution in [0.5, 0.6) is 0 Å². The Bertz CT molecular complexity index is 471. The van der Waals surface area contributed by atoms with E-state index in [1.54, 1.807) is 0 Å². The third-order valence-electron chi connectivity index (χ3n) is 2.89. The first-order valence-electron chi connectivity index (χ1n) is 5.80. The minimum absolute atomic E-state index is 1.04. The fourth-order valence-electron chi connectivity index (χ4n) is 1.85. The molecule has 2 heterocycles. The molecule has 0 atom stereocenters. The minimum Gasteiger partial charge on any atom is -0.309 e. The number of hydrogen-bond acceptors (Lipinski definition) is 2. The van der Waals surface area contributed by atoms with Gasteiger partial charge in [-0.15, -0.1) is 0 Å². The van der Waals surface area contributed by atoms with E-state index in [1.165, 1.54) is 16.6 Å². The number of nitrogens with zero attached hydrogens (tertiary/aromatic N) is 3. The number of pyridine rings is 1. The molecule has 0 radical (unpaired) electrons. The lowest BCUT2D eigenvalue weighted by Gasteiger charge is -2.09. The first kappa shape index (κ1) is 11.1. The van der Waals surface area contributed by atoms with Gasteiger partial charge in [-0.2, -0.15) is 5.10 Å². The Morgan fingerprint density at radius 3 is 2.81 bits per heavy atom. The fraction of sp³-hybridized carbons (Fsp3) is 0.462. The third kappa shape index (κ3) is 2.25. The summed E-state index contributed by atoms with van der Waals surface area (Å²) in [7, 11) is 4.20. The molecule has 0 saturated carbocycles. The van der Waals surface area contributed by atoms with Crippen LogP contribution in [0.25, 0.3) is 5.52 Å². The summed E-state index contributed by atoms with van der Waals surface area (Å²) >= 11 is 0. The highest BCUT2D eigenvalue weighted by Gasteiger charge is 2.02. The molecule has 0 aliphatic rings. The van der Waals surface area contributed by atoms with Crippen LogP contribution < -0.4 is 0 Å². The van der Waals surface area contributed by atoms with Gasteiger partial charge in [-0.05, 0) is 44.1 Å². The van der Waals surface area contributed by atoms with Crippen molar-refractivity contribution in [1.82, 2.24) is 14.5 Å². The summed E-state index contributed by atoms with van der Waals surface area (Å²) in [4.78, 5) is 2.20. The molecule has 0 spiro atoms. The molecule has 16 heavy (non-hydrogen) atoms. The predicted molar refractivity (Wildman–Crippen MR) is 66.8 cm³/mol. The maximum atomic E-state index is 4.38. The molecule has 0 fully saturated rings. The van der Waals surface area contributed by atoms with E-state index >= 15 is 0 Å². The Morgan fingerprint density at radius 1 is 1.31 bits per heavy atom.